The molecule has 2 fully saturated rings. The summed E-state index contributed by atoms with van der Waals surface area (Å²) in [6.07, 6.45) is 0. The Labute approximate surface area is 161 Å². The molecule has 0 amide bonds. The second kappa shape index (κ2) is 11.6. The van der Waals surface area contributed by atoms with Crippen LogP contribution in [0.3, 0.4) is 0 Å². The van der Waals surface area contributed by atoms with E-state index in [1.807, 2.05) is 0 Å². The minimum atomic E-state index is 0.781. The molecule has 26 heavy (non-hydrogen) atoms. The Morgan fingerprint density at radius 2 is 1.23 bits per heavy atom. The van der Waals surface area contributed by atoms with E-state index in [1.54, 1.807) is 0 Å². The second-order valence-corrected chi connectivity index (χ2v) is 8.32. The third-order valence-corrected chi connectivity index (χ3v) is 4.84. The van der Waals surface area contributed by atoms with E-state index in [1.165, 1.54) is 31.9 Å². The van der Waals surface area contributed by atoms with Crippen LogP contribution in [0, 0.1) is 11.8 Å². The maximum Gasteiger partial charge on any atom is 0.0594 e. The number of para-hydroxylation sites is 1. The van der Waals surface area contributed by atoms with Gasteiger partial charge in [-0.25, -0.2) is 0 Å². The summed E-state index contributed by atoms with van der Waals surface area (Å²) in [6, 6.07) is 10.7. The molecule has 0 bridgehead atoms. The van der Waals surface area contributed by atoms with Gasteiger partial charge in [-0.15, -0.1) is 0 Å². The maximum atomic E-state index is 5.24. The van der Waals surface area contributed by atoms with Gasteiger partial charge in [-0.1, -0.05) is 45.9 Å². The zero-order valence-electron chi connectivity index (χ0n) is 17.4. The van der Waals surface area contributed by atoms with E-state index in [0.717, 1.165) is 51.2 Å². The molecular formula is C22H39N3O. The lowest BCUT2D eigenvalue weighted by Crippen LogP contribution is -2.47. The summed E-state index contributed by atoms with van der Waals surface area (Å²) in [6.45, 7) is 20.4. The fraction of sp³-hybridized carbons (Fsp3) is 0.727. The number of anilines is 1. The summed E-state index contributed by atoms with van der Waals surface area (Å²) < 4.78 is 5.24. The van der Waals surface area contributed by atoms with Crippen LogP contribution in [0.15, 0.2) is 30.3 Å². The predicted molar refractivity (Wildman–Crippen MR) is 112 cm³/mol. The Hall–Kier alpha value is -1.10. The lowest BCUT2D eigenvalue weighted by molar-refractivity contribution is 0.0329. The molecular weight excluding hydrogens is 322 g/mol. The van der Waals surface area contributed by atoms with Crippen molar-refractivity contribution in [3.05, 3.63) is 30.3 Å². The largest absolute Gasteiger partial charge is 0.379 e. The van der Waals surface area contributed by atoms with E-state index in [0.29, 0.717) is 0 Å². The summed E-state index contributed by atoms with van der Waals surface area (Å²) in [7, 11) is 0. The van der Waals surface area contributed by atoms with Gasteiger partial charge in [-0.2, -0.15) is 0 Å². The fourth-order valence-corrected chi connectivity index (χ4v) is 3.64. The van der Waals surface area contributed by atoms with Crippen molar-refractivity contribution in [2.75, 3.05) is 70.5 Å². The third-order valence-electron chi connectivity index (χ3n) is 4.84. The van der Waals surface area contributed by atoms with Gasteiger partial charge in [0.15, 0.2) is 0 Å². The molecule has 2 heterocycles. The second-order valence-electron chi connectivity index (χ2n) is 8.32. The van der Waals surface area contributed by atoms with Gasteiger partial charge < -0.3 is 9.64 Å². The standard InChI is InChI=1S/C14H22N2.C8H17NO/c1-13(2)12-15-8-10-16(11-9-15)14-6-4-3-5-7-14;1-8(2)7-9-3-5-10-6-4-9/h3-7,13H,8-12H2,1-2H3;8H,3-7H2,1-2H3. The van der Waals surface area contributed by atoms with Crippen molar-refractivity contribution >= 4 is 5.69 Å². The number of piperazine rings is 1. The fourth-order valence-electron chi connectivity index (χ4n) is 3.64. The van der Waals surface area contributed by atoms with Crippen molar-refractivity contribution in [3.8, 4) is 0 Å². The Morgan fingerprint density at radius 1 is 0.731 bits per heavy atom. The molecule has 0 aromatic heterocycles. The van der Waals surface area contributed by atoms with Crippen molar-refractivity contribution < 1.29 is 4.74 Å². The molecule has 1 aromatic rings. The summed E-state index contributed by atoms with van der Waals surface area (Å²) in [5, 5.41) is 0. The first-order chi connectivity index (χ1) is 12.5. The number of hydrogen-bond donors (Lipinski definition) is 0. The highest BCUT2D eigenvalue weighted by atomic mass is 16.5. The summed E-state index contributed by atoms with van der Waals surface area (Å²) in [5.41, 5.74) is 1.37. The first kappa shape index (κ1) is 21.2. The molecule has 2 aliphatic heterocycles. The first-order valence-electron chi connectivity index (χ1n) is 10.4. The quantitative estimate of drug-likeness (QED) is 0.800. The average molecular weight is 362 g/mol. The van der Waals surface area contributed by atoms with Crippen molar-refractivity contribution in [2.24, 2.45) is 11.8 Å². The molecule has 0 atom stereocenters. The minimum absolute atomic E-state index is 0.781. The topological polar surface area (TPSA) is 19.0 Å². The van der Waals surface area contributed by atoms with Crippen LogP contribution in [0.4, 0.5) is 5.69 Å². The van der Waals surface area contributed by atoms with Crippen molar-refractivity contribution in [2.45, 2.75) is 27.7 Å². The Kier molecular flexibility index (Phi) is 9.44. The molecule has 0 unspecified atom stereocenters. The van der Waals surface area contributed by atoms with E-state index in [4.69, 9.17) is 4.74 Å². The predicted octanol–water partition coefficient (Wildman–Crippen LogP) is 3.44. The number of hydrogen-bond acceptors (Lipinski definition) is 4. The van der Waals surface area contributed by atoms with Gasteiger partial charge in [0.05, 0.1) is 13.2 Å². The molecule has 0 aliphatic carbocycles. The van der Waals surface area contributed by atoms with E-state index < -0.39 is 0 Å². The molecule has 0 N–H and O–H groups in total. The molecule has 4 heteroatoms. The van der Waals surface area contributed by atoms with Gasteiger partial charge in [0.2, 0.25) is 0 Å². The van der Waals surface area contributed by atoms with Crippen LogP contribution in [-0.2, 0) is 4.74 Å². The summed E-state index contributed by atoms with van der Waals surface area (Å²) >= 11 is 0. The number of benzene rings is 1. The van der Waals surface area contributed by atoms with E-state index in [-0.39, 0.29) is 0 Å². The molecule has 4 nitrogen and oxygen atoms in total. The average Bonchev–Trinajstić information content (AvgIpc) is 2.63. The Balaban J connectivity index is 0.000000209. The molecule has 2 aliphatic rings. The molecule has 2 saturated heterocycles. The molecule has 0 spiro atoms. The highest BCUT2D eigenvalue weighted by molar-refractivity contribution is 5.46. The Bertz CT molecular complexity index is 464. The third kappa shape index (κ3) is 8.07. The van der Waals surface area contributed by atoms with Crippen LogP contribution in [-0.4, -0.2) is 75.4 Å². The molecule has 0 saturated carbocycles. The van der Waals surface area contributed by atoms with Crippen molar-refractivity contribution in [3.63, 3.8) is 0 Å². The summed E-state index contributed by atoms with van der Waals surface area (Å²) in [5.74, 6) is 1.57. The number of nitrogens with zero attached hydrogens (tertiary/aromatic N) is 3. The zero-order valence-corrected chi connectivity index (χ0v) is 17.4. The van der Waals surface area contributed by atoms with Crippen molar-refractivity contribution in [1.82, 2.24) is 9.80 Å². The maximum absolute atomic E-state index is 5.24. The molecule has 3 rings (SSSR count). The molecule has 148 valence electrons. The van der Waals surface area contributed by atoms with Crippen LogP contribution in [0.5, 0.6) is 0 Å². The highest BCUT2D eigenvalue weighted by Crippen LogP contribution is 2.15. The zero-order chi connectivity index (χ0) is 18.8. The van der Waals surface area contributed by atoms with E-state index in [2.05, 4.69) is 72.7 Å². The monoisotopic (exact) mass is 361 g/mol. The lowest BCUT2D eigenvalue weighted by Gasteiger charge is -2.36. The number of morpholine rings is 1. The van der Waals surface area contributed by atoms with Gasteiger partial charge in [0.1, 0.15) is 0 Å². The highest BCUT2D eigenvalue weighted by Gasteiger charge is 2.17. The number of rotatable bonds is 5. The van der Waals surface area contributed by atoms with Gasteiger partial charge in [-0.3, -0.25) is 9.80 Å². The van der Waals surface area contributed by atoms with Crippen LogP contribution >= 0.6 is 0 Å². The van der Waals surface area contributed by atoms with Crippen LogP contribution in [0.25, 0.3) is 0 Å². The van der Waals surface area contributed by atoms with Gasteiger partial charge >= 0.3 is 0 Å². The minimum Gasteiger partial charge on any atom is -0.379 e. The lowest BCUT2D eigenvalue weighted by atomic mass is 10.2. The molecule has 1 aromatic carbocycles. The van der Waals surface area contributed by atoms with E-state index >= 15 is 0 Å². The van der Waals surface area contributed by atoms with Crippen molar-refractivity contribution in [1.29, 1.82) is 0 Å². The Morgan fingerprint density at radius 3 is 1.73 bits per heavy atom. The normalized spacial score (nSPS) is 19.5. The molecule has 0 radical (unpaired) electrons. The van der Waals surface area contributed by atoms with Gasteiger partial charge in [-0.05, 0) is 24.0 Å². The van der Waals surface area contributed by atoms with Crippen LogP contribution in [0.2, 0.25) is 0 Å². The first-order valence-corrected chi connectivity index (χ1v) is 10.4. The summed E-state index contributed by atoms with van der Waals surface area (Å²) in [4.78, 5) is 7.52. The van der Waals surface area contributed by atoms with Crippen LogP contribution < -0.4 is 4.90 Å². The van der Waals surface area contributed by atoms with Crippen LogP contribution in [0.1, 0.15) is 27.7 Å². The van der Waals surface area contributed by atoms with E-state index in [9.17, 15) is 0 Å². The number of ether oxygens (including phenoxy) is 1. The SMILES string of the molecule is CC(C)CN1CCN(c2ccccc2)CC1.CC(C)CN1CCOCC1. The van der Waals surface area contributed by atoms with Gasteiger partial charge in [0, 0.05) is 58.0 Å². The van der Waals surface area contributed by atoms with Gasteiger partial charge in [0.25, 0.3) is 0 Å². The smallest absolute Gasteiger partial charge is 0.0594 e.